The van der Waals surface area contributed by atoms with Crippen molar-refractivity contribution in [3.8, 4) is 28.3 Å². The van der Waals surface area contributed by atoms with Gasteiger partial charge in [-0.3, -0.25) is 9.51 Å². The molecule has 2 N–H and O–H groups in total. The van der Waals surface area contributed by atoms with Crippen molar-refractivity contribution in [3.63, 3.8) is 0 Å². The van der Waals surface area contributed by atoms with Crippen LogP contribution < -0.4 is 10.5 Å². The van der Waals surface area contributed by atoms with E-state index in [9.17, 15) is 27.9 Å². The van der Waals surface area contributed by atoms with Gasteiger partial charge in [-0.15, -0.1) is 0 Å². The number of hydrogen-bond acceptors (Lipinski definition) is 5. The number of aromatic nitrogens is 2. The molecule has 1 atom stereocenters. The van der Waals surface area contributed by atoms with Crippen molar-refractivity contribution in [2.24, 2.45) is 5.92 Å². The van der Waals surface area contributed by atoms with Gasteiger partial charge in [0.1, 0.15) is 12.4 Å². The molecular weight excluding hydrogens is 657 g/mol. The Labute approximate surface area is 291 Å². The summed E-state index contributed by atoms with van der Waals surface area (Å²) in [5.41, 5.74) is 5.73. The van der Waals surface area contributed by atoms with Crippen molar-refractivity contribution >= 4 is 12.0 Å². The van der Waals surface area contributed by atoms with Crippen molar-refractivity contribution in [2.75, 3.05) is 0 Å². The lowest BCUT2D eigenvalue weighted by molar-refractivity contribution is -0.137. The number of hydrogen-bond donors (Lipinski definition) is 2. The number of halogens is 3. The topological polar surface area (TPSA) is 105 Å². The van der Waals surface area contributed by atoms with Crippen LogP contribution in [0.15, 0.2) is 137 Å². The number of nitrogens with zero attached hydrogens (tertiary/aromatic N) is 1. The lowest BCUT2D eigenvalue weighted by Crippen LogP contribution is -2.05. The molecule has 0 saturated heterocycles. The molecule has 6 rings (SSSR count). The Hall–Kier alpha value is -6.16. The number of alkyl halides is 3. The zero-order valence-electron chi connectivity index (χ0n) is 27.3. The highest BCUT2D eigenvalue weighted by Gasteiger charge is 2.30. The number of H-pyrrole nitrogens is 1. The van der Waals surface area contributed by atoms with E-state index in [1.807, 2.05) is 91.0 Å². The molecule has 10 heteroatoms. The maximum atomic E-state index is 12.9. The number of carboxylic acid groups (broad SMARTS) is 1. The molecule has 5 aromatic carbocycles. The number of para-hydroxylation sites is 1. The van der Waals surface area contributed by atoms with Crippen LogP contribution in [0.25, 0.3) is 28.6 Å². The number of allylic oxidation sites excluding steroid dienone is 1. The first-order valence-electron chi connectivity index (χ1n) is 16.2. The Morgan fingerprint density at radius 1 is 0.804 bits per heavy atom. The van der Waals surface area contributed by atoms with Crippen molar-refractivity contribution < 1.29 is 32.3 Å². The Morgan fingerprint density at radius 2 is 1.41 bits per heavy atom. The van der Waals surface area contributed by atoms with Crippen LogP contribution in [0.4, 0.5) is 13.2 Å². The Balaban J connectivity index is 1.13. The van der Waals surface area contributed by atoms with E-state index in [-0.39, 0.29) is 11.5 Å². The Bertz CT molecular complexity index is 2150. The first-order valence-corrected chi connectivity index (χ1v) is 16.2. The predicted octanol–water partition coefficient (Wildman–Crippen LogP) is 9.50. The molecule has 51 heavy (non-hydrogen) atoms. The minimum Gasteiger partial charge on any atom is -0.488 e. The van der Waals surface area contributed by atoms with Crippen LogP contribution in [-0.2, 0) is 25.6 Å². The molecule has 0 bridgehead atoms. The average Bonchev–Trinajstić information content (AvgIpc) is 3.58. The lowest BCUT2D eigenvalue weighted by Gasteiger charge is -2.15. The number of aromatic amines is 1. The molecule has 0 aliphatic rings. The van der Waals surface area contributed by atoms with Gasteiger partial charge in [-0.1, -0.05) is 108 Å². The third-order valence-corrected chi connectivity index (χ3v) is 8.53. The van der Waals surface area contributed by atoms with Gasteiger partial charge in [0, 0.05) is 11.1 Å². The fourth-order valence-electron chi connectivity index (χ4n) is 5.68. The molecule has 1 heterocycles. The fraction of sp³-hybridized carbons (Fsp3) is 0.146. The molecule has 0 unspecified atom stereocenters. The molecular formula is C41H33F3N2O5. The molecule has 0 saturated carbocycles. The number of aromatic carboxylic acids is 1. The number of rotatable bonds is 13. The largest absolute Gasteiger partial charge is 0.488 e. The van der Waals surface area contributed by atoms with Gasteiger partial charge in [-0.05, 0) is 83.3 Å². The molecule has 7 nitrogen and oxygen atoms in total. The van der Waals surface area contributed by atoms with Gasteiger partial charge in [0.2, 0.25) is 0 Å². The van der Waals surface area contributed by atoms with Crippen LogP contribution in [0.2, 0.25) is 0 Å². The second-order valence-corrected chi connectivity index (χ2v) is 12.1. The monoisotopic (exact) mass is 690 g/mol. The number of benzene rings is 5. The maximum Gasteiger partial charge on any atom is 0.439 e. The van der Waals surface area contributed by atoms with E-state index >= 15 is 0 Å². The molecule has 0 aliphatic heterocycles. The highest BCUT2D eigenvalue weighted by atomic mass is 19.4. The Morgan fingerprint density at radius 3 is 2.04 bits per heavy atom. The van der Waals surface area contributed by atoms with Gasteiger partial charge in [0.05, 0.1) is 11.1 Å². The zero-order chi connectivity index (χ0) is 35.8. The first kappa shape index (κ1) is 34.7. The molecule has 1 aromatic heterocycles. The van der Waals surface area contributed by atoms with E-state index in [2.05, 4.69) is 20.7 Å². The predicted molar refractivity (Wildman–Crippen MR) is 188 cm³/mol. The lowest BCUT2D eigenvalue weighted by atomic mass is 9.91. The number of carbonyl (C=O) groups is 1. The van der Waals surface area contributed by atoms with Crippen molar-refractivity contribution in [1.82, 2.24) is 10.1 Å². The standard InChI is InChI=1S/C41H33F3N2O5/c42-41(43,44)36-23-21-32(22-24-36)31-14-12-30(13-15-31)26-50-37-4-2-1-3-33(37)16-9-28(25-29-10-19-35(20-11-29)39(47)48)6-5-27-7-17-34(18-8-27)38-45-40(49)51-46-38/h1-4,7-24,28H,5-6,25-26H2,(H,47,48)(H,45,46,49)/b16-9+/t28-/m0/s1. The van der Waals surface area contributed by atoms with Crippen LogP contribution in [0, 0.1) is 5.92 Å². The summed E-state index contributed by atoms with van der Waals surface area (Å²) in [5.74, 6) is -0.402. The van der Waals surface area contributed by atoms with E-state index < -0.39 is 23.5 Å². The quantitative estimate of drug-likeness (QED) is 0.125. The molecule has 258 valence electrons. The van der Waals surface area contributed by atoms with E-state index in [0.717, 1.165) is 58.4 Å². The average molecular weight is 691 g/mol. The minimum atomic E-state index is -4.38. The summed E-state index contributed by atoms with van der Waals surface area (Å²) in [4.78, 5) is 25.3. The SMILES string of the molecule is O=C(O)c1ccc(C[C@H](/C=C/c2ccccc2OCc2ccc(-c3ccc(C(F)(F)F)cc3)cc2)CCc2ccc(-c3noc(=O)[nH]3)cc2)cc1. The number of ether oxygens (including phenoxy) is 1. The van der Waals surface area contributed by atoms with Crippen LogP contribution in [0.3, 0.4) is 0 Å². The van der Waals surface area contributed by atoms with Crippen molar-refractivity contribution in [3.05, 3.63) is 171 Å². The highest BCUT2D eigenvalue weighted by Crippen LogP contribution is 2.31. The summed E-state index contributed by atoms with van der Waals surface area (Å²) in [6.07, 6.45) is 2.11. The van der Waals surface area contributed by atoms with Gasteiger partial charge < -0.3 is 9.84 Å². The van der Waals surface area contributed by atoms with Crippen LogP contribution in [-0.4, -0.2) is 21.2 Å². The third kappa shape index (κ3) is 9.30. The Kier molecular flexibility index (Phi) is 10.6. The summed E-state index contributed by atoms with van der Waals surface area (Å²) in [6, 6.07) is 35.0. The van der Waals surface area contributed by atoms with Gasteiger partial charge in [-0.25, -0.2) is 9.59 Å². The van der Waals surface area contributed by atoms with Crippen molar-refractivity contribution in [2.45, 2.75) is 32.0 Å². The van der Waals surface area contributed by atoms with Crippen LogP contribution >= 0.6 is 0 Å². The summed E-state index contributed by atoms with van der Waals surface area (Å²) in [6.45, 7) is 0.301. The van der Waals surface area contributed by atoms with E-state index in [0.29, 0.717) is 30.2 Å². The number of carboxylic acids is 1. The van der Waals surface area contributed by atoms with Gasteiger partial charge in [-0.2, -0.15) is 13.2 Å². The van der Waals surface area contributed by atoms with Crippen molar-refractivity contribution in [1.29, 1.82) is 0 Å². The number of nitrogens with one attached hydrogen (secondary N) is 1. The summed E-state index contributed by atoms with van der Waals surface area (Å²) in [7, 11) is 0. The van der Waals surface area contributed by atoms with E-state index in [1.54, 1.807) is 12.1 Å². The summed E-state index contributed by atoms with van der Waals surface area (Å²) in [5, 5.41) is 13.1. The second-order valence-electron chi connectivity index (χ2n) is 12.1. The molecule has 6 aromatic rings. The van der Waals surface area contributed by atoms with Crippen LogP contribution in [0.1, 0.15) is 44.6 Å². The minimum absolute atomic E-state index is 0.109. The normalized spacial score (nSPS) is 12.2. The second kappa shape index (κ2) is 15.6. The molecule has 0 fully saturated rings. The smallest absolute Gasteiger partial charge is 0.439 e. The fourth-order valence-corrected chi connectivity index (χ4v) is 5.68. The highest BCUT2D eigenvalue weighted by molar-refractivity contribution is 5.87. The molecule has 0 amide bonds. The molecule has 0 aliphatic carbocycles. The van der Waals surface area contributed by atoms with Gasteiger partial charge in [0.15, 0.2) is 5.82 Å². The molecule has 0 radical (unpaired) electrons. The van der Waals surface area contributed by atoms with Crippen LogP contribution in [0.5, 0.6) is 5.75 Å². The first-order chi connectivity index (χ1) is 24.6. The zero-order valence-corrected chi connectivity index (χ0v) is 27.3. The number of aryl methyl sites for hydroxylation is 1. The van der Waals surface area contributed by atoms with E-state index in [4.69, 9.17) is 4.74 Å². The van der Waals surface area contributed by atoms with Gasteiger partial charge in [0.25, 0.3) is 0 Å². The summed E-state index contributed by atoms with van der Waals surface area (Å²) >= 11 is 0. The third-order valence-electron chi connectivity index (χ3n) is 8.53. The van der Waals surface area contributed by atoms with Gasteiger partial charge >= 0.3 is 17.9 Å². The molecule has 0 spiro atoms. The summed E-state index contributed by atoms with van der Waals surface area (Å²) < 4.78 is 49.7. The van der Waals surface area contributed by atoms with E-state index in [1.165, 1.54) is 12.1 Å². The maximum absolute atomic E-state index is 12.9.